The average molecular weight is 342 g/mol. The zero-order chi connectivity index (χ0) is 17.6. The van der Waals surface area contributed by atoms with Gasteiger partial charge in [0.1, 0.15) is 18.2 Å². The Morgan fingerprint density at radius 2 is 1.80 bits per heavy atom. The summed E-state index contributed by atoms with van der Waals surface area (Å²) in [5.74, 6) is 0.359. The molecule has 2 aromatic rings. The lowest BCUT2D eigenvalue weighted by Gasteiger charge is -2.22. The highest BCUT2D eigenvalue weighted by Crippen LogP contribution is 2.33. The predicted molar refractivity (Wildman–Crippen MR) is 94.3 cm³/mol. The van der Waals surface area contributed by atoms with Gasteiger partial charge in [0.05, 0.1) is 12.7 Å². The summed E-state index contributed by atoms with van der Waals surface area (Å²) in [5.41, 5.74) is 2.16. The van der Waals surface area contributed by atoms with Crippen LogP contribution in [0.2, 0.25) is 0 Å². The smallest absolute Gasteiger partial charge is 0.338 e. The molecule has 3 nitrogen and oxygen atoms in total. The van der Waals surface area contributed by atoms with Crippen molar-refractivity contribution >= 4 is 5.97 Å². The fourth-order valence-corrected chi connectivity index (χ4v) is 3.41. The zero-order valence-electron chi connectivity index (χ0n) is 14.5. The molecule has 0 aromatic heterocycles. The first-order valence-electron chi connectivity index (χ1n) is 8.77. The zero-order valence-corrected chi connectivity index (χ0v) is 14.5. The van der Waals surface area contributed by atoms with Crippen molar-refractivity contribution in [3.05, 3.63) is 65.0 Å². The van der Waals surface area contributed by atoms with Gasteiger partial charge in [-0.05, 0) is 48.6 Å². The van der Waals surface area contributed by atoms with E-state index in [1.807, 2.05) is 12.1 Å². The van der Waals surface area contributed by atoms with Crippen LogP contribution in [0, 0.1) is 5.82 Å². The normalized spacial score (nSPS) is 15.0. The van der Waals surface area contributed by atoms with Crippen molar-refractivity contribution < 1.29 is 18.7 Å². The molecule has 0 heterocycles. The molecule has 132 valence electrons. The third-order valence-electron chi connectivity index (χ3n) is 4.83. The number of methoxy groups -OCH3 is 1. The Morgan fingerprint density at radius 1 is 1.08 bits per heavy atom. The largest absolute Gasteiger partial charge is 0.489 e. The number of hydrogen-bond acceptors (Lipinski definition) is 3. The van der Waals surface area contributed by atoms with E-state index in [9.17, 15) is 9.18 Å². The van der Waals surface area contributed by atoms with Crippen LogP contribution in [0.3, 0.4) is 0 Å². The van der Waals surface area contributed by atoms with E-state index in [-0.39, 0.29) is 12.2 Å². The summed E-state index contributed by atoms with van der Waals surface area (Å²) in [5, 5.41) is 0. The molecule has 0 radical (unpaired) electrons. The standard InChI is InChI=1S/C21H23FO3/c1-24-21(23)20-13-18(22)10-7-17(20)14-25-19-11-8-16(9-12-19)15-5-3-2-4-6-15/h7-13,15H,2-6,14H2,1H3. The lowest BCUT2D eigenvalue weighted by Crippen LogP contribution is -2.09. The van der Waals surface area contributed by atoms with Crippen molar-refractivity contribution in [2.45, 2.75) is 44.6 Å². The van der Waals surface area contributed by atoms with Crippen LogP contribution in [-0.4, -0.2) is 13.1 Å². The van der Waals surface area contributed by atoms with Gasteiger partial charge in [0.15, 0.2) is 0 Å². The van der Waals surface area contributed by atoms with Gasteiger partial charge >= 0.3 is 5.97 Å². The van der Waals surface area contributed by atoms with Crippen molar-refractivity contribution in [1.29, 1.82) is 0 Å². The van der Waals surface area contributed by atoms with Gasteiger partial charge < -0.3 is 9.47 Å². The summed E-state index contributed by atoms with van der Waals surface area (Å²) in [6.07, 6.45) is 6.49. The second kappa shape index (κ2) is 8.15. The molecule has 1 saturated carbocycles. The highest BCUT2D eigenvalue weighted by Gasteiger charge is 2.16. The Morgan fingerprint density at radius 3 is 2.48 bits per heavy atom. The molecule has 3 rings (SSSR count). The number of carbonyl (C=O) groups excluding carboxylic acids is 1. The molecule has 0 amide bonds. The Bertz CT molecular complexity index is 718. The van der Waals surface area contributed by atoms with Crippen LogP contribution in [0.5, 0.6) is 5.75 Å². The lowest BCUT2D eigenvalue weighted by atomic mass is 9.84. The fraction of sp³-hybridized carbons (Fsp3) is 0.381. The van der Waals surface area contributed by atoms with Crippen molar-refractivity contribution in [3.8, 4) is 5.75 Å². The van der Waals surface area contributed by atoms with Gasteiger partial charge in [-0.25, -0.2) is 9.18 Å². The van der Waals surface area contributed by atoms with Crippen LogP contribution in [0.4, 0.5) is 4.39 Å². The number of carbonyl (C=O) groups is 1. The predicted octanol–water partition coefficient (Wildman–Crippen LogP) is 5.24. The van der Waals surface area contributed by atoms with E-state index in [1.165, 1.54) is 56.9 Å². The SMILES string of the molecule is COC(=O)c1cc(F)ccc1COc1ccc(C2CCCCC2)cc1. The van der Waals surface area contributed by atoms with E-state index < -0.39 is 11.8 Å². The van der Waals surface area contributed by atoms with Crippen LogP contribution in [0.25, 0.3) is 0 Å². The van der Waals surface area contributed by atoms with Gasteiger partial charge in [-0.15, -0.1) is 0 Å². The van der Waals surface area contributed by atoms with E-state index in [4.69, 9.17) is 9.47 Å². The topological polar surface area (TPSA) is 35.5 Å². The van der Waals surface area contributed by atoms with Gasteiger partial charge in [-0.1, -0.05) is 37.5 Å². The van der Waals surface area contributed by atoms with Gasteiger partial charge in [-0.2, -0.15) is 0 Å². The number of esters is 1. The van der Waals surface area contributed by atoms with Crippen molar-refractivity contribution in [3.63, 3.8) is 0 Å². The minimum atomic E-state index is -0.564. The summed E-state index contributed by atoms with van der Waals surface area (Å²) in [6, 6.07) is 12.2. The summed E-state index contributed by atoms with van der Waals surface area (Å²) < 4.78 is 23.9. The number of halogens is 1. The van der Waals surface area contributed by atoms with Gasteiger partial charge in [0.25, 0.3) is 0 Å². The Kier molecular flexibility index (Phi) is 5.69. The molecule has 1 aliphatic rings. The maximum absolute atomic E-state index is 13.4. The average Bonchev–Trinajstić information content (AvgIpc) is 2.67. The number of hydrogen-bond donors (Lipinski definition) is 0. The van der Waals surface area contributed by atoms with E-state index in [1.54, 1.807) is 6.07 Å². The molecule has 0 spiro atoms. The third-order valence-corrected chi connectivity index (χ3v) is 4.83. The molecule has 0 atom stereocenters. The molecule has 0 saturated heterocycles. The molecule has 1 aliphatic carbocycles. The van der Waals surface area contributed by atoms with E-state index in [2.05, 4.69) is 12.1 Å². The van der Waals surface area contributed by atoms with Crippen LogP contribution in [-0.2, 0) is 11.3 Å². The minimum absolute atomic E-state index is 0.188. The maximum Gasteiger partial charge on any atom is 0.338 e. The number of ether oxygens (including phenoxy) is 2. The van der Waals surface area contributed by atoms with E-state index in [0.29, 0.717) is 11.5 Å². The molecule has 25 heavy (non-hydrogen) atoms. The monoisotopic (exact) mass is 342 g/mol. The van der Waals surface area contributed by atoms with Crippen LogP contribution >= 0.6 is 0 Å². The van der Waals surface area contributed by atoms with Crippen molar-refractivity contribution in [2.75, 3.05) is 7.11 Å². The summed E-state index contributed by atoms with van der Waals surface area (Å²) >= 11 is 0. The van der Waals surface area contributed by atoms with E-state index in [0.717, 1.165) is 5.75 Å². The first-order valence-corrected chi connectivity index (χ1v) is 8.77. The second-order valence-corrected chi connectivity index (χ2v) is 6.49. The molecule has 2 aromatic carbocycles. The number of rotatable bonds is 5. The van der Waals surface area contributed by atoms with Crippen molar-refractivity contribution in [2.24, 2.45) is 0 Å². The van der Waals surface area contributed by atoms with Crippen LogP contribution in [0.15, 0.2) is 42.5 Å². The molecule has 0 aliphatic heterocycles. The van der Waals surface area contributed by atoms with Gasteiger partial charge in [0.2, 0.25) is 0 Å². The summed E-state index contributed by atoms with van der Waals surface area (Å²) in [6.45, 7) is 0.188. The first kappa shape index (κ1) is 17.5. The molecular formula is C21H23FO3. The number of benzene rings is 2. The molecular weight excluding hydrogens is 319 g/mol. The molecule has 0 N–H and O–H groups in total. The van der Waals surface area contributed by atoms with Crippen LogP contribution < -0.4 is 4.74 Å². The van der Waals surface area contributed by atoms with Crippen molar-refractivity contribution in [1.82, 2.24) is 0 Å². The fourth-order valence-electron chi connectivity index (χ4n) is 3.41. The highest BCUT2D eigenvalue weighted by molar-refractivity contribution is 5.91. The molecule has 0 unspecified atom stereocenters. The quantitative estimate of drug-likeness (QED) is 0.697. The Hall–Kier alpha value is -2.36. The summed E-state index contributed by atoms with van der Waals surface area (Å²) in [7, 11) is 1.28. The molecule has 0 bridgehead atoms. The molecule has 4 heteroatoms. The second-order valence-electron chi connectivity index (χ2n) is 6.49. The van der Waals surface area contributed by atoms with Gasteiger partial charge in [0, 0.05) is 5.56 Å². The van der Waals surface area contributed by atoms with Gasteiger partial charge in [-0.3, -0.25) is 0 Å². The highest BCUT2D eigenvalue weighted by atomic mass is 19.1. The third kappa shape index (κ3) is 4.38. The first-order chi connectivity index (χ1) is 12.2. The van der Waals surface area contributed by atoms with E-state index >= 15 is 0 Å². The van der Waals surface area contributed by atoms with Crippen LogP contribution in [0.1, 0.15) is 59.5 Å². The minimum Gasteiger partial charge on any atom is -0.489 e. The Balaban J connectivity index is 1.66. The summed E-state index contributed by atoms with van der Waals surface area (Å²) in [4.78, 5) is 11.8. The molecule has 1 fully saturated rings. The maximum atomic E-state index is 13.4. The lowest BCUT2D eigenvalue weighted by molar-refractivity contribution is 0.0597. The Labute approximate surface area is 147 Å².